The topological polar surface area (TPSA) is 38.0 Å². The molecule has 1 rings (SSSR count). The fourth-order valence-corrected chi connectivity index (χ4v) is 3.34. The Balaban J connectivity index is 2.53. The van der Waals surface area contributed by atoms with Crippen molar-refractivity contribution in [2.24, 2.45) is 29.4 Å². The molecule has 0 aromatic carbocycles. The normalized spacial score (nSPS) is 29.5. The molecule has 0 heterocycles. The molecule has 2 heteroatoms. The molecular weight excluding hydrogens is 220 g/mol. The van der Waals surface area contributed by atoms with Gasteiger partial charge in [-0.1, -0.05) is 34.6 Å². The van der Waals surface area contributed by atoms with Gasteiger partial charge in [0.25, 0.3) is 0 Å². The molecule has 0 aromatic rings. The second kappa shape index (κ2) is 6.91. The van der Waals surface area contributed by atoms with Gasteiger partial charge < -0.3 is 11.1 Å². The Bertz CT molecular complexity index is 219. The van der Waals surface area contributed by atoms with Crippen molar-refractivity contribution >= 4 is 0 Å². The van der Waals surface area contributed by atoms with E-state index >= 15 is 0 Å². The van der Waals surface area contributed by atoms with Crippen LogP contribution in [0.2, 0.25) is 0 Å². The first-order valence-corrected chi connectivity index (χ1v) is 7.85. The van der Waals surface area contributed by atoms with Crippen LogP contribution in [0.5, 0.6) is 0 Å². The summed E-state index contributed by atoms with van der Waals surface area (Å²) in [5, 5.41) is 3.84. The highest BCUT2D eigenvalue weighted by Crippen LogP contribution is 2.32. The van der Waals surface area contributed by atoms with E-state index in [-0.39, 0.29) is 5.54 Å². The molecule has 1 aliphatic rings. The third-order valence-corrected chi connectivity index (χ3v) is 5.05. The highest BCUT2D eigenvalue weighted by atomic mass is 15.0. The van der Waals surface area contributed by atoms with Crippen molar-refractivity contribution in [2.45, 2.75) is 65.8 Å². The van der Waals surface area contributed by atoms with E-state index < -0.39 is 0 Å². The van der Waals surface area contributed by atoms with Crippen molar-refractivity contribution in [1.82, 2.24) is 5.32 Å². The summed E-state index contributed by atoms with van der Waals surface area (Å²) in [6.07, 6.45) is 5.18. The molecule has 0 aliphatic heterocycles. The summed E-state index contributed by atoms with van der Waals surface area (Å²) >= 11 is 0. The van der Waals surface area contributed by atoms with Gasteiger partial charge in [-0.3, -0.25) is 0 Å². The van der Waals surface area contributed by atoms with Gasteiger partial charge in [0.1, 0.15) is 0 Å². The first-order chi connectivity index (χ1) is 8.40. The Hall–Kier alpha value is -0.0800. The standard InChI is InChI=1S/C16H34N2/c1-12(2)15(13(3)4)10-18-16(11-17)8-6-14(5)7-9-16/h12-15,18H,6-11,17H2,1-5H3. The summed E-state index contributed by atoms with van der Waals surface area (Å²) in [4.78, 5) is 0. The molecule has 0 amide bonds. The van der Waals surface area contributed by atoms with Gasteiger partial charge in [0.05, 0.1) is 0 Å². The van der Waals surface area contributed by atoms with Crippen LogP contribution in [0.3, 0.4) is 0 Å². The van der Waals surface area contributed by atoms with Crippen LogP contribution in [0.25, 0.3) is 0 Å². The Morgan fingerprint density at radius 2 is 1.61 bits per heavy atom. The smallest absolute Gasteiger partial charge is 0.0304 e. The molecule has 3 N–H and O–H groups in total. The lowest BCUT2D eigenvalue weighted by molar-refractivity contribution is 0.171. The molecule has 0 saturated heterocycles. The summed E-state index contributed by atoms with van der Waals surface area (Å²) < 4.78 is 0. The van der Waals surface area contributed by atoms with Gasteiger partial charge in [-0.25, -0.2) is 0 Å². The molecule has 0 bridgehead atoms. The molecule has 1 fully saturated rings. The maximum Gasteiger partial charge on any atom is 0.0304 e. The highest BCUT2D eigenvalue weighted by Gasteiger charge is 2.33. The van der Waals surface area contributed by atoms with Gasteiger partial charge in [0.2, 0.25) is 0 Å². The fraction of sp³-hybridized carbons (Fsp3) is 1.00. The lowest BCUT2D eigenvalue weighted by Gasteiger charge is -2.41. The zero-order valence-corrected chi connectivity index (χ0v) is 13.1. The average molecular weight is 254 g/mol. The van der Waals surface area contributed by atoms with Crippen molar-refractivity contribution < 1.29 is 0 Å². The summed E-state index contributed by atoms with van der Waals surface area (Å²) in [5.41, 5.74) is 6.29. The Kier molecular flexibility index (Phi) is 6.13. The second-order valence-electron chi connectivity index (χ2n) is 7.20. The van der Waals surface area contributed by atoms with E-state index in [2.05, 4.69) is 39.9 Å². The molecule has 0 unspecified atom stereocenters. The number of nitrogens with two attached hydrogens (primary N) is 1. The molecule has 2 nitrogen and oxygen atoms in total. The Morgan fingerprint density at radius 3 is 2.00 bits per heavy atom. The first-order valence-electron chi connectivity index (χ1n) is 7.85. The third-order valence-electron chi connectivity index (χ3n) is 5.05. The fourth-order valence-electron chi connectivity index (χ4n) is 3.34. The van der Waals surface area contributed by atoms with Crippen LogP contribution < -0.4 is 11.1 Å². The number of hydrogen-bond acceptors (Lipinski definition) is 2. The Labute approximate surface area is 114 Å². The number of hydrogen-bond donors (Lipinski definition) is 2. The van der Waals surface area contributed by atoms with Crippen molar-refractivity contribution in [3.05, 3.63) is 0 Å². The lowest BCUT2D eigenvalue weighted by atomic mass is 9.76. The van der Waals surface area contributed by atoms with E-state index in [9.17, 15) is 0 Å². The monoisotopic (exact) mass is 254 g/mol. The van der Waals surface area contributed by atoms with Crippen LogP contribution in [0.4, 0.5) is 0 Å². The zero-order valence-electron chi connectivity index (χ0n) is 13.1. The molecule has 1 saturated carbocycles. The predicted octanol–water partition coefficient (Wildman–Crippen LogP) is 3.41. The number of rotatable bonds is 6. The van der Waals surface area contributed by atoms with Crippen LogP contribution in [0.1, 0.15) is 60.3 Å². The maximum absolute atomic E-state index is 6.06. The van der Waals surface area contributed by atoms with Crippen LogP contribution in [0, 0.1) is 23.7 Å². The van der Waals surface area contributed by atoms with Crippen molar-refractivity contribution in [3.8, 4) is 0 Å². The summed E-state index contributed by atoms with van der Waals surface area (Å²) in [7, 11) is 0. The van der Waals surface area contributed by atoms with Crippen LogP contribution in [-0.2, 0) is 0 Å². The molecule has 108 valence electrons. The molecule has 0 spiro atoms. The van der Waals surface area contributed by atoms with E-state index in [0.29, 0.717) is 0 Å². The van der Waals surface area contributed by atoms with Gasteiger partial charge in [0, 0.05) is 12.1 Å². The van der Waals surface area contributed by atoms with Crippen molar-refractivity contribution in [1.29, 1.82) is 0 Å². The van der Waals surface area contributed by atoms with Crippen molar-refractivity contribution in [3.63, 3.8) is 0 Å². The average Bonchev–Trinajstić information content (AvgIpc) is 2.31. The maximum atomic E-state index is 6.06. The van der Waals surface area contributed by atoms with E-state index in [1.54, 1.807) is 0 Å². The van der Waals surface area contributed by atoms with E-state index in [4.69, 9.17) is 5.73 Å². The van der Waals surface area contributed by atoms with Gasteiger partial charge >= 0.3 is 0 Å². The highest BCUT2D eigenvalue weighted by molar-refractivity contribution is 4.94. The van der Waals surface area contributed by atoms with E-state index in [0.717, 1.165) is 36.8 Å². The van der Waals surface area contributed by atoms with Crippen LogP contribution in [-0.4, -0.2) is 18.6 Å². The largest absolute Gasteiger partial charge is 0.329 e. The lowest BCUT2D eigenvalue weighted by Crippen LogP contribution is -2.55. The second-order valence-corrected chi connectivity index (χ2v) is 7.20. The molecule has 18 heavy (non-hydrogen) atoms. The molecule has 0 radical (unpaired) electrons. The predicted molar refractivity (Wildman–Crippen MR) is 80.6 cm³/mol. The summed E-state index contributed by atoms with van der Waals surface area (Å²) in [5.74, 6) is 3.13. The van der Waals surface area contributed by atoms with E-state index in [1.165, 1.54) is 25.7 Å². The van der Waals surface area contributed by atoms with Crippen LogP contribution in [0.15, 0.2) is 0 Å². The SMILES string of the molecule is CC1CCC(CN)(NCC(C(C)C)C(C)C)CC1. The minimum Gasteiger partial charge on any atom is -0.329 e. The van der Waals surface area contributed by atoms with Gasteiger partial charge in [-0.2, -0.15) is 0 Å². The quantitative estimate of drug-likeness (QED) is 0.762. The minimum atomic E-state index is 0.231. The van der Waals surface area contributed by atoms with E-state index in [1.807, 2.05) is 0 Å². The zero-order chi connectivity index (χ0) is 13.8. The molecule has 0 aromatic heterocycles. The Morgan fingerprint density at radius 1 is 1.11 bits per heavy atom. The number of nitrogens with one attached hydrogen (secondary N) is 1. The third kappa shape index (κ3) is 4.24. The summed E-state index contributed by atoms with van der Waals surface area (Å²) in [6, 6.07) is 0. The van der Waals surface area contributed by atoms with Gasteiger partial charge in [-0.15, -0.1) is 0 Å². The molecular formula is C16H34N2. The van der Waals surface area contributed by atoms with Gasteiger partial charge in [0.15, 0.2) is 0 Å². The molecule has 0 atom stereocenters. The first kappa shape index (κ1) is 16.0. The van der Waals surface area contributed by atoms with Crippen LogP contribution >= 0.6 is 0 Å². The molecule has 1 aliphatic carbocycles. The minimum absolute atomic E-state index is 0.231. The van der Waals surface area contributed by atoms with Crippen molar-refractivity contribution in [2.75, 3.05) is 13.1 Å². The van der Waals surface area contributed by atoms with Gasteiger partial charge in [-0.05, 0) is 55.9 Å². The summed E-state index contributed by atoms with van der Waals surface area (Å²) in [6.45, 7) is 13.6.